The van der Waals surface area contributed by atoms with Gasteiger partial charge >= 0.3 is 5.97 Å². The molecule has 0 unspecified atom stereocenters. The molecule has 1 aliphatic rings. The first kappa shape index (κ1) is 22.4. The van der Waals surface area contributed by atoms with Gasteiger partial charge in [-0.2, -0.15) is 5.10 Å². The van der Waals surface area contributed by atoms with Gasteiger partial charge in [-0.15, -0.1) is 0 Å². The third-order valence-electron chi connectivity index (χ3n) is 6.04. The number of carboxylic acids is 1. The molecule has 4 rings (SSSR count). The highest BCUT2D eigenvalue weighted by molar-refractivity contribution is 6.00. The van der Waals surface area contributed by atoms with Crippen molar-refractivity contribution >= 4 is 23.4 Å². The topological polar surface area (TPSA) is 90.7 Å². The van der Waals surface area contributed by atoms with Gasteiger partial charge in [-0.1, -0.05) is 24.3 Å². The Morgan fingerprint density at radius 2 is 1.76 bits per heavy atom. The number of rotatable bonds is 7. The number of aryl methyl sites for hydroxylation is 1. The van der Waals surface area contributed by atoms with Crippen LogP contribution in [-0.2, 0) is 13.1 Å². The van der Waals surface area contributed by atoms with Crippen molar-refractivity contribution in [1.82, 2.24) is 15.1 Å². The average Bonchev–Trinajstić information content (AvgIpc) is 3.32. The minimum absolute atomic E-state index is 0.182. The van der Waals surface area contributed by atoms with Crippen LogP contribution in [0.1, 0.15) is 50.5 Å². The van der Waals surface area contributed by atoms with Crippen LogP contribution < -0.4 is 15.1 Å². The van der Waals surface area contributed by atoms with Crippen molar-refractivity contribution in [3.63, 3.8) is 0 Å². The summed E-state index contributed by atoms with van der Waals surface area (Å²) >= 11 is 0. The summed E-state index contributed by atoms with van der Waals surface area (Å²) in [4.78, 5) is 28.6. The van der Waals surface area contributed by atoms with Crippen LogP contribution in [-0.4, -0.2) is 47.4 Å². The predicted molar refractivity (Wildman–Crippen MR) is 128 cm³/mol. The van der Waals surface area contributed by atoms with Crippen molar-refractivity contribution in [3.8, 4) is 0 Å². The molecule has 0 saturated heterocycles. The van der Waals surface area contributed by atoms with Crippen LogP contribution in [0.3, 0.4) is 0 Å². The van der Waals surface area contributed by atoms with Crippen molar-refractivity contribution in [2.24, 2.45) is 0 Å². The van der Waals surface area contributed by atoms with E-state index < -0.39 is 5.97 Å². The van der Waals surface area contributed by atoms with Crippen LogP contribution in [0.4, 0.5) is 11.5 Å². The van der Waals surface area contributed by atoms with Gasteiger partial charge in [-0.3, -0.25) is 4.79 Å². The fraction of sp³-hybridized carbons (Fsp3) is 0.320. The summed E-state index contributed by atoms with van der Waals surface area (Å²) in [5.41, 5.74) is 4.66. The zero-order valence-corrected chi connectivity index (χ0v) is 19.4. The molecular formula is C25H29N5O3. The molecule has 3 aromatic rings. The summed E-state index contributed by atoms with van der Waals surface area (Å²) in [6, 6.07) is 14.7. The minimum atomic E-state index is -0.972. The van der Waals surface area contributed by atoms with Crippen molar-refractivity contribution in [2.75, 3.05) is 30.4 Å². The Labute approximate surface area is 193 Å². The molecule has 1 aromatic heterocycles. The summed E-state index contributed by atoms with van der Waals surface area (Å²) in [6.07, 6.45) is 0. The number of anilines is 2. The monoisotopic (exact) mass is 447 g/mol. The van der Waals surface area contributed by atoms with Gasteiger partial charge in [0.1, 0.15) is 11.4 Å². The lowest BCUT2D eigenvalue weighted by atomic mass is 10.1. The van der Waals surface area contributed by atoms with Crippen LogP contribution in [0.2, 0.25) is 0 Å². The van der Waals surface area contributed by atoms with Gasteiger partial charge in [0.25, 0.3) is 5.91 Å². The van der Waals surface area contributed by atoms with E-state index in [1.165, 1.54) is 5.56 Å². The van der Waals surface area contributed by atoms with Crippen molar-refractivity contribution < 1.29 is 14.7 Å². The summed E-state index contributed by atoms with van der Waals surface area (Å²) in [7, 11) is 4.03. The lowest BCUT2D eigenvalue weighted by molar-refractivity contribution is 0.0696. The van der Waals surface area contributed by atoms with E-state index in [0.717, 1.165) is 30.2 Å². The number of nitrogens with one attached hydrogen (secondary N) is 1. The second-order valence-electron chi connectivity index (χ2n) is 8.61. The SMILES string of the molecule is Cc1nn2c(c1C(=O)N[C@@H](C)c1ccc(C(=O)O)cc1)N(Cc1ccc(N(C)C)cc1)CC2. The van der Waals surface area contributed by atoms with Crippen LogP contribution >= 0.6 is 0 Å². The maximum Gasteiger partial charge on any atom is 0.335 e. The van der Waals surface area contributed by atoms with E-state index in [-0.39, 0.29) is 17.5 Å². The lowest BCUT2D eigenvalue weighted by Crippen LogP contribution is -2.29. The van der Waals surface area contributed by atoms with Crippen LogP contribution in [0.25, 0.3) is 0 Å². The van der Waals surface area contributed by atoms with Crippen LogP contribution in [0, 0.1) is 6.92 Å². The molecule has 172 valence electrons. The molecule has 0 bridgehead atoms. The zero-order chi connectivity index (χ0) is 23.7. The Morgan fingerprint density at radius 3 is 2.36 bits per heavy atom. The molecule has 8 heteroatoms. The molecule has 2 N–H and O–H groups in total. The van der Waals surface area contributed by atoms with E-state index in [0.29, 0.717) is 17.8 Å². The molecule has 0 spiro atoms. The molecule has 2 aromatic carbocycles. The zero-order valence-electron chi connectivity index (χ0n) is 19.4. The quantitative estimate of drug-likeness (QED) is 0.576. The van der Waals surface area contributed by atoms with Gasteiger partial charge in [0, 0.05) is 32.9 Å². The summed E-state index contributed by atoms with van der Waals surface area (Å²) in [5.74, 6) is -0.311. The molecule has 33 heavy (non-hydrogen) atoms. The van der Waals surface area contributed by atoms with Crippen LogP contribution in [0.5, 0.6) is 0 Å². The van der Waals surface area contributed by atoms with Crippen LogP contribution in [0.15, 0.2) is 48.5 Å². The Morgan fingerprint density at radius 1 is 1.09 bits per heavy atom. The number of fused-ring (bicyclic) bond motifs is 1. The standard InChI is InChI=1S/C25H29N5O3/c1-16(19-7-9-20(10-8-19)25(32)33)26-23(31)22-17(2)27-30-14-13-29(24(22)30)15-18-5-11-21(12-6-18)28(3)4/h5-12,16H,13-15H2,1-4H3,(H,26,31)(H,32,33)/t16-/m0/s1. The number of hydrogen-bond acceptors (Lipinski definition) is 5. The summed E-state index contributed by atoms with van der Waals surface area (Å²) < 4.78 is 1.91. The fourth-order valence-corrected chi connectivity index (χ4v) is 4.17. The first-order valence-corrected chi connectivity index (χ1v) is 11.0. The van der Waals surface area contributed by atoms with E-state index >= 15 is 0 Å². The molecule has 0 fully saturated rings. The summed E-state index contributed by atoms with van der Waals surface area (Å²) in [6.45, 7) is 5.98. The second-order valence-corrected chi connectivity index (χ2v) is 8.61. The molecule has 2 heterocycles. The molecule has 0 radical (unpaired) electrons. The second kappa shape index (κ2) is 8.97. The maximum absolute atomic E-state index is 13.3. The Balaban J connectivity index is 1.52. The predicted octanol–water partition coefficient (Wildman–Crippen LogP) is 3.47. The number of hydrogen-bond donors (Lipinski definition) is 2. The first-order valence-electron chi connectivity index (χ1n) is 11.0. The Kier molecular flexibility index (Phi) is 6.09. The number of carboxylic acid groups (broad SMARTS) is 1. The molecule has 8 nitrogen and oxygen atoms in total. The van der Waals surface area contributed by atoms with E-state index in [1.54, 1.807) is 24.3 Å². The normalized spacial score (nSPS) is 13.5. The van der Waals surface area contributed by atoms with E-state index in [1.807, 2.05) is 32.6 Å². The van der Waals surface area contributed by atoms with Crippen molar-refractivity contribution in [1.29, 1.82) is 0 Å². The van der Waals surface area contributed by atoms with Gasteiger partial charge < -0.3 is 20.2 Å². The van der Waals surface area contributed by atoms with Gasteiger partial charge in [-0.25, -0.2) is 9.48 Å². The molecule has 1 atom stereocenters. The number of aromatic carboxylic acids is 1. The number of aromatic nitrogens is 2. The average molecular weight is 448 g/mol. The highest BCUT2D eigenvalue weighted by Gasteiger charge is 2.30. The van der Waals surface area contributed by atoms with E-state index in [9.17, 15) is 9.59 Å². The third kappa shape index (κ3) is 4.55. The Bertz CT molecular complexity index is 1170. The molecule has 1 aliphatic heterocycles. The maximum atomic E-state index is 13.3. The highest BCUT2D eigenvalue weighted by Crippen LogP contribution is 2.30. The van der Waals surface area contributed by atoms with Gasteiger partial charge in [0.2, 0.25) is 0 Å². The van der Waals surface area contributed by atoms with Gasteiger partial charge in [-0.05, 0) is 49.2 Å². The first-order chi connectivity index (χ1) is 15.7. The fourth-order valence-electron chi connectivity index (χ4n) is 4.17. The largest absolute Gasteiger partial charge is 0.478 e. The minimum Gasteiger partial charge on any atom is -0.478 e. The van der Waals surface area contributed by atoms with Gasteiger partial charge in [0.05, 0.1) is 23.8 Å². The number of nitrogens with zero attached hydrogens (tertiary/aromatic N) is 4. The highest BCUT2D eigenvalue weighted by atomic mass is 16.4. The number of amides is 1. The number of carbonyl (C=O) groups is 2. The molecule has 0 saturated carbocycles. The number of benzene rings is 2. The molecular weight excluding hydrogens is 418 g/mol. The summed E-state index contributed by atoms with van der Waals surface area (Å²) in [5, 5.41) is 16.7. The Hall–Kier alpha value is -3.81. The van der Waals surface area contributed by atoms with Crippen molar-refractivity contribution in [2.45, 2.75) is 33.0 Å². The molecule has 1 amide bonds. The third-order valence-corrected chi connectivity index (χ3v) is 6.04. The smallest absolute Gasteiger partial charge is 0.335 e. The van der Waals surface area contributed by atoms with E-state index in [4.69, 9.17) is 5.11 Å². The molecule has 0 aliphatic carbocycles. The lowest BCUT2D eigenvalue weighted by Gasteiger charge is -2.21. The number of carbonyl (C=O) groups excluding carboxylic acids is 1. The van der Waals surface area contributed by atoms with Gasteiger partial charge in [0.15, 0.2) is 0 Å². The van der Waals surface area contributed by atoms with E-state index in [2.05, 4.69) is 44.5 Å². The van der Waals surface area contributed by atoms with Crippen molar-refractivity contribution in [3.05, 3.63) is 76.5 Å².